The molecule has 0 aliphatic carbocycles. The SMILES string of the molecule is Cc1cc(Oc2ccnc(CO)c2)ccc1F. The first-order chi connectivity index (χ1) is 8.19. The number of hydrogen-bond donors (Lipinski definition) is 1. The van der Waals surface area contributed by atoms with E-state index in [-0.39, 0.29) is 12.4 Å². The van der Waals surface area contributed by atoms with Crippen LogP contribution in [-0.4, -0.2) is 10.1 Å². The molecule has 0 bridgehead atoms. The average molecular weight is 233 g/mol. The lowest BCUT2D eigenvalue weighted by molar-refractivity contribution is 0.276. The number of pyridine rings is 1. The fraction of sp³-hybridized carbons (Fsp3) is 0.154. The number of aliphatic hydroxyl groups is 1. The molecule has 0 spiro atoms. The van der Waals surface area contributed by atoms with Gasteiger partial charge in [0, 0.05) is 12.3 Å². The standard InChI is InChI=1S/C13H12FNO2/c1-9-6-11(2-3-13(9)14)17-12-4-5-15-10(7-12)8-16/h2-7,16H,8H2,1H3. The number of aliphatic hydroxyl groups excluding tert-OH is 1. The first kappa shape index (κ1) is 11.5. The van der Waals surface area contributed by atoms with Crippen molar-refractivity contribution in [3.8, 4) is 11.5 Å². The van der Waals surface area contributed by atoms with Crippen molar-refractivity contribution in [3.63, 3.8) is 0 Å². The van der Waals surface area contributed by atoms with Crippen LogP contribution in [0.15, 0.2) is 36.5 Å². The lowest BCUT2D eigenvalue weighted by atomic mass is 10.2. The van der Waals surface area contributed by atoms with Crippen molar-refractivity contribution < 1.29 is 14.2 Å². The summed E-state index contributed by atoms with van der Waals surface area (Å²) in [6.07, 6.45) is 1.55. The van der Waals surface area contributed by atoms with Gasteiger partial charge in [0.05, 0.1) is 12.3 Å². The zero-order valence-electron chi connectivity index (χ0n) is 9.35. The number of aromatic nitrogens is 1. The largest absolute Gasteiger partial charge is 0.457 e. The number of benzene rings is 1. The normalized spacial score (nSPS) is 10.3. The maximum atomic E-state index is 13.1. The molecular formula is C13H12FNO2. The van der Waals surface area contributed by atoms with Gasteiger partial charge in [-0.05, 0) is 36.8 Å². The molecule has 1 N–H and O–H groups in total. The highest BCUT2D eigenvalue weighted by molar-refractivity contribution is 5.34. The summed E-state index contributed by atoms with van der Waals surface area (Å²) in [4.78, 5) is 3.94. The van der Waals surface area contributed by atoms with E-state index in [2.05, 4.69) is 4.98 Å². The van der Waals surface area contributed by atoms with Crippen LogP contribution >= 0.6 is 0 Å². The molecule has 0 aliphatic rings. The average Bonchev–Trinajstić information content (AvgIpc) is 2.34. The Hall–Kier alpha value is -1.94. The van der Waals surface area contributed by atoms with Crippen molar-refractivity contribution in [2.24, 2.45) is 0 Å². The van der Waals surface area contributed by atoms with Crippen LogP contribution in [0, 0.1) is 12.7 Å². The molecule has 2 rings (SSSR count). The molecule has 17 heavy (non-hydrogen) atoms. The van der Waals surface area contributed by atoms with E-state index in [0.29, 0.717) is 22.8 Å². The molecule has 0 fully saturated rings. The minimum atomic E-state index is -0.261. The second-order valence-electron chi connectivity index (χ2n) is 3.65. The summed E-state index contributed by atoms with van der Waals surface area (Å²) in [5.74, 6) is 0.858. The summed E-state index contributed by atoms with van der Waals surface area (Å²) in [5.41, 5.74) is 1.06. The molecule has 1 aromatic carbocycles. The molecule has 88 valence electrons. The highest BCUT2D eigenvalue weighted by atomic mass is 19.1. The Morgan fingerprint density at radius 3 is 2.71 bits per heavy atom. The van der Waals surface area contributed by atoms with Crippen LogP contribution in [0.1, 0.15) is 11.3 Å². The van der Waals surface area contributed by atoms with E-state index in [4.69, 9.17) is 9.84 Å². The van der Waals surface area contributed by atoms with Gasteiger partial charge in [0.2, 0.25) is 0 Å². The molecule has 2 aromatic rings. The minimum absolute atomic E-state index is 0.139. The number of aryl methyl sites for hydroxylation is 1. The lowest BCUT2D eigenvalue weighted by Crippen LogP contribution is -1.91. The van der Waals surface area contributed by atoms with E-state index in [1.165, 1.54) is 6.07 Å². The molecule has 0 unspecified atom stereocenters. The van der Waals surface area contributed by atoms with Gasteiger partial charge in [0.25, 0.3) is 0 Å². The van der Waals surface area contributed by atoms with Gasteiger partial charge in [-0.15, -0.1) is 0 Å². The predicted octanol–water partition coefficient (Wildman–Crippen LogP) is 2.81. The molecule has 4 heteroatoms. The van der Waals surface area contributed by atoms with Crippen LogP contribution in [0.5, 0.6) is 11.5 Å². The third-order valence-corrected chi connectivity index (χ3v) is 2.32. The number of ether oxygens (including phenoxy) is 1. The molecule has 3 nitrogen and oxygen atoms in total. The van der Waals surface area contributed by atoms with Crippen molar-refractivity contribution in [2.45, 2.75) is 13.5 Å². The maximum absolute atomic E-state index is 13.1. The van der Waals surface area contributed by atoms with Crippen LogP contribution in [0.2, 0.25) is 0 Å². The van der Waals surface area contributed by atoms with Crippen LogP contribution in [0.25, 0.3) is 0 Å². The van der Waals surface area contributed by atoms with E-state index >= 15 is 0 Å². The number of halogens is 1. The summed E-state index contributed by atoms with van der Waals surface area (Å²) in [5, 5.41) is 8.94. The van der Waals surface area contributed by atoms with E-state index in [1.807, 2.05) is 0 Å². The predicted molar refractivity (Wildman–Crippen MR) is 61.4 cm³/mol. The molecule has 0 aliphatic heterocycles. The smallest absolute Gasteiger partial charge is 0.130 e. The molecule has 0 atom stereocenters. The number of hydrogen-bond acceptors (Lipinski definition) is 3. The summed E-state index contributed by atoms with van der Waals surface area (Å²) < 4.78 is 18.6. The van der Waals surface area contributed by atoms with Gasteiger partial charge >= 0.3 is 0 Å². The fourth-order valence-electron chi connectivity index (χ4n) is 1.42. The van der Waals surface area contributed by atoms with Crippen molar-refractivity contribution >= 4 is 0 Å². The van der Waals surface area contributed by atoms with E-state index in [9.17, 15) is 4.39 Å². The third kappa shape index (κ3) is 2.79. The van der Waals surface area contributed by atoms with Crippen LogP contribution in [0.4, 0.5) is 4.39 Å². The van der Waals surface area contributed by atoms with Gasteiger partial charge in [-0.25, -0.2) is 4.39 Å². The van der Waals surface area contributed by atoms with Gasteiger partial charge in [0.1, 0.15) is 17.3 Å². The highest BCUT2D eigenvalue weighted by Gasteiger charge is 2.02. The zero-order valence-corrected chi connectivity index (χ0v) is 9.35. The molecule has 0 saturated carbocycles. The monoisotopic (exact) mass is 233 g/mol. The Labute approximate surface area is 98.5 Å². The van der Waals surface area contributed by atoms with Gasteiger partial charge in [-0.3, -0.25) is 4.98 Å². The molecule has 1 heterocycles. The van der Waals surface area contributed by atoms with Gasteiger partial charge < -0.3 is 9.84 Å². The van der Waals surface area contributed by atoms with Crippen LogP contribution in [0.3, 0.4) is 0 Å². The van der Waals surface area contributed by atoms with Gasteiger partial charge in [-0.2, -0.15) is 0 Å². The molecule has 1 aromatic heterocycles. The third-order valence-electron chi connectivity index (χ3n) is 2.32. The van der Waals surface area contributed by atoms with Crippen LogP contribution < -0.4 is 4.74 Å². The highest BCUT2D eigenvalue weighted by Crippen LogP contribution is 2.23. The van der Waals surface area contributed by atoms with E-state index < -0.39 is 0 Å². The van der Waals surface area contributed by atoms with E-state index in [1.54, 1.807) is 37.4 Å². The lowest BCUT2D eigenvalue weighted by Gasteiger charge is -2.07. The Morgan fingerprint density at radius 2 is 2.00 bits per heavy atom. The molecule has 0 radical (unpaired) electrons. The minimum Gasteiger partial charge on any atom is -0.457 e. The molecule has 0 saturated heterocycles. The topological polar surface area (TPSA) is 42.4 Å². The van der Waals surface area contributed by atoms with Crippen molar-refractivity contribution in [2.75, 3.05) is 0 Å². The van der Waals surface area contributed by atoms with E-state index in [0.717, 1.165) is 0 Å². The van der Waals surface area contributed by atoms with Crippen molar-refractivity contribution in [1.82, 2.24) is 4.98 Å². The Balaban J connectivity index is 2.22. The quantitative estimate of drug-likeness (QED) is 0.886. The second kappa shape index (κ2) is 4.93. The van der Waals surface area contributed by atoms with Gasteiger partial charge in [-0.1, -0.05) is 0 Å². The second-order valence-corrected chi connectivity index (χ2v) is 3.65. The molecular weight excluding hydrogens is 221 g/mol. The number of rotatable bonds is 3. The first-order valence-electron chi connectivity index (χ1n) is 5.19. The van der Waals surface area contributed by atoms with Crippen molar-refractivity contribution in [3.05, 3.63) is 53.6 Å². The summed E-state index contributed by atoms with van der Waals surface area (Å²) in [7, 11) is 0. The Bertz CT molecular complexity index is 529. The summed E-state index contributed by atoms with van der Waals surface area (Å²) >= 11 is 0. The van der Waals surface area contributed by atoms with Crippen molar-refractivity contribution in [1.29, 1.82) is 0 Å². The zero-order chi connectivity index (χ0) is 12.3. The van der Waals surface area contributed by atoms with Crippen LogP contribution in [-0.2, 0) is 6.61 Å². The molecule has 0 amide bonds. The van der Waals surface area contributed by atoms with Gasteiger partial charge in [0.15, 0.2) is 0 Å². The first-order valence-corrected chi connectivity index (χ1v) is 5.19. The fourth-order valence-corrected chi connectivity index (χ4v) is 1.42. The Kier molecular flexibility index (Phi) is 3.35. The summed E-state index contributed by atoms with van der Waals surface area (Å²) in [6.45, 7) is 1.54. The maximum Gasteiger partial charge on any atom is 0.130 e. The Morgan fingerprint density at radius 1 is 1.24 bits per heavy atom. The summed E-state index contributed by atoms with van der Waals surface area (Å²) in [6, 6.07) is 7.85. The number of nitrogens with zero attached hydrogens (tertiary/aromatic N) is 1.